The normalized spacial score (nSPS) is 16.1. The maximum absolute atomic E-state index is 12.4. The first-order chi connectivity index (χ1) is 9.89. The third kappa shape index (κ3) is 1.55. The van der Waals surface area contributed by atoms with Gasteiger partial charge in [-0.15, -0.1) is 0 Å². The summed E-state index contributed by atoms with van der Waals surface area (Å²) >= 11 is 0. The van der Waals surface area contributed by atoms with Crippen molar-refractivity contribution in [3.05, 3.63) is 58.7 Å². The average molecular weight is 284 g/mol. The molecule has 0 amide bonds. The molecule has 3 rings (SSSR count). The second-order valence-corrected chi connectivity index (χ2v) is 5.04. The highest BCUT2D eigenvalue weighted by molar-refractivity contribution is 6.32. The van der Waals surface area contributed by atoms with E-state index in [4.69, 9.17) is 0 Å². The molecular formula is C16H12O5. The van der Waals surface area contributed by atoms with Crippen LogP contribution < -0.4 is 0 Å². The molecule has 0 heterocycles. The third-order valence-corrected chi connectivity index (χ3v) is 3.82. The Kier molecular flexibility index (Phi) is 2.64. The van der Waals surface area contributed by atoms with Gasteiger partial charge in [0, 0.05) is 16.7 Å². The van der Waals surface area contributed by atoms with Gasteiger partial charge in [-0.1, -0.05) is 36.4 Å². The van der Waals surface area contributed by atoms with Crippen LogP contribution >= 0.6 is 0 Å². The van der Waals surface area contributed by atoms with Gasteiger partial charge in [0.05, 0.1) is 0 Å². The summed E-state index contributed by atoms with van der Waals surface area (Å²) in [5, 5.41) is 30.4. The number of aliphatic hydroxyl groups is 1. The van der Waals surface area contributed by atoms with Gasteiger partial charge in [-0.3, -0.25) is 9.59 Å². The van der Waals surface area contributed by atoms with Crippen LogP contribution in [0.4, 0.5) is 0 Å². The van der Waals surface area contributed by atoms with Crippen LogP contribution in [0.1, 0.15) is 31.8 Å². The third-order valence-electron chi connectivity index (χ3n) is 3.82. The summed E-state index contributed by atoms with van der Waals surface area (Å²) in [6.07, 6.45) is 0. The second-order valence-electron chi connectivity index (χ2n) is 5.04. The lowest BCUT2D eigenvalue weighted by Crippen LogP contribution is -2.38. The van der Waals surface area contributed by atoms with E-state index in [0.29, 0.717) is 5.56 Å². The molecule has 21 heavy (non-hydrogen) atoms. The van der Waals surface area contributed by atoms with E-state index in [2.05, 4.69) is 0 Å². The topological polar surface area (TPSA) is 94.8 Å². The quantitative estimate of drug-likeness (QED) is 0.547. The predicted octanol–water partition coefficient (Wildman–Crippen LogP) is 1.67. The molecule has 5 heteroatoms. The molecule has 0 aliphatic heterocycles. The summed E-state index contributed by atoms with van der Waals surface area (Å²) in [7, 11) is 0. The molecule has 0 saturated carbocycles. The van der Waals surface area contributed by atoms with Crippen LogP contribution in [0.5, 0.6) is 11.5 Å². The smallest absolute Gasteiger partial charge is 0.220 e. The molecule has 0 bridgehead atoms. The van der Waals surface area contributed by atoms with E-state index >= 15 is 0 Å². The van der Waals surface area contributed by atoms with E-state index in [1.165, 1.54) is 24.3 Å². The summed E-state index contributed by atoms with van der Waals surface area (Å²) in [6, 6.07) is 8.75. The first-order valence-electron chi connectivity index (χ1n) is 6.32. The van der Waals surface area contributed by atoms with Crippen molar-refractivity contribution < 1.29 is 24.9 Å². The number of rotatable bonds is 1. The van der Waals surface area contributed by atoms with Gasteiger partial charge in [-0.05, 0) is 12.5 Å². The molecular weight excluding hydrogens is 272 g/mol. The van der Waals surface area contributed by atoms with Gasteiger partial charge in [0.25, 0.3) is 0 Å². The van der Waals surface area contributed by atoms with E-state index in [9.17, 15) is 24.9 Å². The lowest BCUT2D eigenvalue weighted by molar-refractivity contribution is 0.0311. The monoisotopic (exact) mass is 284 g/mol. The fraction of sp³-hybridized carbons (Fsp3) is 0.125. The maximum Gasteiger partial charge on any atom is 0.220 e. The van der Waals surface area contributed by atoms with Crippen LogP contribution in [0.15, 0.2) is 36.4 Å². The molecule has 2 aromatic carbocycles. The highest BCUT2D eigenvalue weighted by atomic mass is 16.3. The number of hydrogen-bond donors (Lipinski definition) is 3. The summed E-state index contributed by atoms with van der Waals surface area (Å²) in [5.74, 6) is -2.73. The summed E-state index contributed by atoms with van der Waals surface area (Å²) in [4.78, 5) is 24.8. The van der Waals surface area contributed by atoms with Crippen molar-refractivity contribution in [1.29, 1.82) is 0 Å². The lowest BCUT2D eigenvalue weighted by Gasteiger charge is -2.21. The van der Waals surface area contributed by atoms with Gasteiger partial charge in [0.15, 0.2) is 11.5 Å². The zero-order valence-electron chi connectivity index (χ0n) is 11.1. The Balaban J connectivity index is 2.27. The largest absolute Gasteiger partial charge is 0.504 e. The molecule has 0 atom stereocenters. The molecule has 0 unspecified atom stereocenters. The molecule has 106 valence electrons. The number of Topliss-reactive ketones (excluding diaryl/α,β-unsaturated/α-hetero) is 2. The lowest BCUT2D eigenvalue weighted by atomic mass is 9.87. The minimum Gasteiger partial charge on any atom is -0.504 e. The molecule has 0 aromatic heterocycles. The molecule has 0 fully saturated rings. The minimum atomic E-state index is -2.50. The first-order valence-corrected chi connectivity index (χ1v) is 6.32. The van der Waals surface area contributed by atoms with Gasteiger partial charge >= 0.3 is 0 Å². The molecule has 2 aromatic rings. The zero-order valence-corrected chi connectivity index (χ0v) is 11.1. The molecule has 0 spiro atoms. The van der Waals surface area contributed by atoms with Gasteiger partial charge < -0.3 is 15.3 Å². The number of fused-ring (bicyclic) bond motifs is 1. The number of carbonyl (C=O) groups excluding carboxylic acids is 2. The molecule has 0 radical (unpaired) electrons. The number of carbonyl (C=O) groups is 2. The Morgan fingerprint density at radius 3 is 1.90 bits per heavy atom. The number of phenolic OH excluding ortho intramolecular Hbond substituents is 2. The van der Waals surface area contributed by atoms with Crippen molar-refractivity contribution >= 4 is 11.6 Å². The van der Waals surface area contributed by atoms with Crippen molar-refractivity contribution in [1.82, 2.24) is 0 Å². The van der Waals surface area contributed by atoms with Crippen LogP contribution in [-0.2, 0) is 5.60 Å². The van der Waals surface area contributed by atoms with Crippen LogP contribution in [0.3, 0.4) is 0 Å². The number of aromatic hydroxyl groups is 2. The van der Waals surface area contributed by atoms with Gasteiger partial charge in [-0.2, -0.15) is 0 Å². The number of aryl methyl sites for hydroxylation is 1. The zero-order chi connectivity index (χ0) is 15.4. The summed E-state index contributed by atoms with van der Waals surface area (Å²) < 4.78 is 0. The van der Waals surface area contributed by atoms with Crippen molar-refractivity contribution in [3.63, 3.8) is 0 Å². The van der Waals surface area contributed by atoms with Crippen molar-refractivity contribution in [2.45, 2.75) is 12.5 Å². The van der Waals surface area contributed by atoms with Crippen molar-refractivity contribution in [3.8, 4) is 11.5 Å². The molecule has 3 N–H and O–H groups in total. The Morgan fingerprint density at radius 1 is 0.857 bits per heavy atom. The Morgan fingerprint density at radius 2 is 1.38 bits per heavy atom. The number of hydrogen-bond acceptors (Lipinski definition) is 5. The van der Waals surface area contributed by atoms with Gasteiger partial charge in [-0.25, -0.2) is 0 Å². The fourth-order valence-corrected chi connectivity index (χ4v) is 2.59. The van der Waals surface area contributed by atoms with Crippen LogP contribution in [0.2, 0.25) is 0 Å². The van der Waals surface area contributed by atoms with E-state index in [-0.39, 0.29) is 16.7 Å². The molecule has 5 nitrogen and oxygen atoms in total. The Bertz CT molecular complexity index is 756. The standard InChI is InChI=1S/C16H12O5/c1-8-6-7-11(13(18)12(8)17)16(21)14(19)9-4-2-3-5-10(9)15(16)20/h2-7,17-18,21H,1H3. The average Bonchev–Trinajstić information content (AvgIpc) is 2.68. The van der Waals surface area contributed by atoms with Crippen molar-refractivity contribution in [2.75, 3.05) is 0 Å². The number of phenols is 2. The van der Waals surface area contributed by atoms with Gasteiger partial charge in [0.1, 0.15) is 0 Å². The fourth-order valence-electron chi connectivity index (χ4n) is 2.59. The van der Waals surface area contributed by atoms with E-state index in [1.54, 1.807) is 19.1 Å². The van der Waals surface area contributed by atoms with Crippen molar-refractivity contribution in [2.24, 2.45) is 0 Å². The summed E-state index contributed by atoms with van der Waals surface area (Å²) in [5.41, 5.74) is -2.24. The van der Waals surface area contributed by atoms with Gasteiger partial charge in [0.2, 0.25) is 17.2 Å². The molecule has 0 saturated heterocycles. The van der Waals surface area contributed by atoms with Crippen LogP contribution in [-0.4, -0.2) is 26.9 Å². The SMILES string of the molecule is Cc1ccc(C2(O)C(=O)c3ccccc3C2=O)c(O)c1O. The Hall–Kier alpha value is -2.66. The maximum atomic E-state index is 12.4. The first kappa shape index (κ1) is 13.3. The van der Waals surface area contributed by atoms with Crippen LogP contribution in [0.25, 0.3) is 0 Å². The predicted molar refractivity (Wildman–Crippen MR) is 73.5 cm³/mol. The molecule has 1 aliphatic carbocycles. The summed E-state index contributed by atoms with van der Waals surface area (Å²) in [6.45, 7) is 1.55. The highest BCUT2D eigenvalue weighted by Crippen LogP contribution is 2.44. The van der Waals surface area contributed by atoms with E-state index < -0.39 is 28.7 Å². The second kappa shape index (κ2) is 4.17. The highest BCUT2D eigenvalue weighted by Gasteiger charge is 2.54. The van der Waals surface area contributed by atoms with E-state index in [0.717, 1.165) is 0 Å². The van der Waals surface area contributed by atoms with Crippen LogP contribution in [0, 0.1) is 6.92 Å². The number of benzene rings is 2. The molecule has 1 aliphatic rings. The number of ketones is 2. The van der Waals surface area contributed by atoms with E-state index in [1.807, 2.05) is 0 Å². The minimum absolute atomic E-state index is 0.101. The Labute approximate surface area is 120 Å².